The van der Waals surface area contributed by atoms with E-state index in [4.69, 9.17) is 4.42 Å². The molecule has 5 heteroatoms. The summed E-state index contributed by atoms with van der Waals surface area (Å²) in [6, 6.07) is 3.28. The third-order valence-electron chi connectivity index (χ3n) is 1.68. The quantitative estimate of drug-likeness (QED) is 0.736. The van der Waals surface area contributed by atoms with E-state index in [0.29, 0.717) is 11.5 Å². The van der Waals surface area contributed by atoms with Crippen molar-refractivity contribution in [3.63, 3.8) is 0 Å². The fraction of sp³-hybridized carbons (Fsp3) is 0.111. The van der Waals surface area contributed by atoms with Crippen LogP contribution in [-0.4, -0.2) is 10.2 Å². The topological polar surface area (TPSA) is 38.9 Å². The minimum Gasteiger partial charge on any atom is -0.428 e. The van der Waals surface area contributed by atoms with Crippen LogP contribution in [0.4, 0.5) is 8.78 Å². The van der Waals surface area contributed by atoms with E-state index >= 15 is 0 Å². The summed E-state index contributed by atoms with van der Waals surface area (Å²) in [6.07, 6.45) is 1.40. The summed E-state index contributed by atoms with van der Waals surface area (Å²) in [6.45, 7) is 0. The molecule has 0 saturated carbocycles. The van der Waals surface area contributed by atoms with Gasteiger partial charge in [-0.05, 0) is 17.7 Å². The number of aromatic nitrogens is 2. The first-order chi connectivity index (χ1) is 6.74. The standard InChI is InChI=1S/C9H6F2N2O/c10-7-1-6(2-8(11)4-7)3-9-13-12-5-14-9/h1-2,4-5H,3H2. The number of halogens is 2. The van der Waals surface area contributed by atoms with Gasteiger partial charge < -0.3 is 4.42 Å². The van der Waals surface area contributed by atoms with Crippen molar-refractivity contribution in [1.82, 2.24) is 10.2 Å². The Bertz CT molecular complexity index is 408. The van der Waals surface area contributed by atoms with Gasteiger partial charge in [-0.15, -0.1) is 10.2 Å². The third-order valence-corrected chi connectivity index (χ3v) is 1.68. The number of rotatable bonds is 2. The highest BCUT2D eigenvalue weighted by molar-refractivity contribution is 5.20. The van der Waals surface area contributed by atoms with Crippen LogP contribution in [0.25, 0.3) is 0 Å². The Labute approximate surface area is 78.4 Å². The van der Waals surface area contributed by atoms with Crippen molar-refractivity contribution >= 4 is 0 Å². The van der Waals surface area contributed by atoms with E-state index in [0.717, 1.165) is 6.07 Å². The summed E-state index contributed by atoms with van der Waals surface area (Å²) in [5.74, 6) is -0.894. The minimum atomic E-state index is -0.612. The van der Waals surface area contributed by atoms with Gasteiger partial charge in [-0.3, -0.25) is 0 Å². The maximum absolute atomic E-state index is 12.8. The second-order valence-corrected chi connectivity index (χ2v) is 2.79. The molecule has 0 radical (unpaired) electrons. The van der Waals surface area contributed by atoms with Crippen LogP contribution in [0, 0.1) is 11.6 Å². The first-order valence-electron chi connectivity index (χ1n) is 3.94. The van der Waals surface area contributed by atoms with Crippen LogP contribution in [0.5, 0.6) is 0 Å². The molecule has 3 nitrogen and oxygen atoms in total. The molecule has 0 unspecified atom stereocenters. The van der Waals surface area contributed by atoms with Crippen molar-refractivity contribution in [2.45, 2.75) is 6.42 Å². The van der Waals surface area contributed by atoms with Crippen molar-refractivity contribution in [2.24, 2.45) is 0 Å². The van der Waals surface area contributed by atoms with Gasteiger partial charge in [0, 0.05) is 6.07 Å². The Hall–Kier alpha value is -1.78. The molecule has 0 aliphatic rings. The molecule has 1 heterocycles. The summed E-state index contributed by atoms with van der Waals surface area (Å²) >= 11 is 0. The van der Waals surface area contributed by atoms with Crippen LogP contribution in [0.3, 0.4) is 0 Å². The average molecular weight is 196 g/mol. The minimum absolute atomic E-state index is 0.231. The largest absolute Gasteiger partial charge is 0.428 e. The molecule has 1 aromatic carbocycles. The fourth-order valence-corrected chi connectivity index (χ4v) is 1.16. The van der Waals surface area contributed by atoms with E-state index in [9.17, 15) is 8.78 Å². The zero-order chi connectivity index (χ0) is 9.97. The second kappa shape index (κ2) is 3.53. The maximum Gasteiger partial charge on any atom is 0.220 e. The Balaban J connectivity index is 2.25. The molecule has 1 aromatic heterocycles. The van der Waals surface area contributed by atoms with E-state index in [2.05, 4.69) is 10.2 Å². The van der Waals surface area contributed by atoms with Crippen molar-refractivity contribution in [2.75, 3.05) is 0 Å². The molecular weight excluding hydrogens is 190 g/mol. The van der Waals surface area contributed by atoms with Crippen molar-refractivity contribution < 1.29 is 13.2 Å². The predicted molar refractivity (Wildman–Crippen MR) is 43.5 cm³/mol. The maximum atomic E-state index is 12.8. The summed E-state index contributed by atoms with van der Waals surface area (Å²) < 4.78 is 30.4. The molecule has 72 valence electrons. The summed E-state index contributed by atoms with van der Waals surface area (Å²) in [5.41, 5.74) is 0.465. The van der Waals surface area contributed by atoms with E-state index < -0.39 is 11.6 Å². The molecule has 0 spiro atoms. The first-order valence-corrected chi connectivity index (χ1v) is 3.94. The zero-order valence-electron chi connectivity index (χ0n) is 7.08. The van der Waals surface area contributed by atoms with Gasteiger partial charge >= 0.3 is 0 Å². The van der Waals surface area contributed by atoms with E-state index in [1.807, 2.05) is 0 Å². The van der Waals surface area contributed by atoms with Gasteiger partial charge in [0.2, 0.25) is 12.3 Å². The number of hydrogen-bond acceptors (Lipinski definition) is 3. The monoisotopic (exact) mass is 196 g/mol. The number of benzene rings is 1. The number of hydrogen-bond donors (Lipinski definition) is 0. The van der Waals surface area contributed by atoms with Gasteiger partial charge in [-0.1, -0.05) is 0 Å². The van der Waals surface area contributed by atoms with Crippen molar-refractivity contribution in [1.29, 1.82) is 0 Å². The smallest absolute Gasteiger partial charge is 0.220 e. The molecule has 14 heavy (non-hydrogen) atoms. The molecule has 0 aliphatic carbocycles. The molecule has 0 atom stereocenters. The van der Waals surface area contributed by atoms with Crippen molar-refractivity contribution in [3.8, 4) is 0 Å². The first kappa shape index (κ1) is 8.80. The van der Waals surface area contributed by atoms with E-state index in [1.165, 1.54) is 18.5 Å². The van der Waals surface area contributed by atoms with Gasteiger partial charge in [0.05, 0.1) is 6.42 Å². The van der Waals surface area contributed by atoms with Crippen LogP contribution >= 0.6 is 0 Å². The third kappa shape index (κ3) is 1.93. The Morgan fingerprint density at radius 3 is 2.43 bits per heavy atom. The fourth-order valence-electron chi connectivity index (χ4n) is 1.16. The summed E-state index contributed by atoms with van der Waals surface area (Å²) in [5, 5.41) is 7.07. The summed E-state index contributed by atoms with van der Waals surface area (Å²) in [7, 11) is 0. The van der Waals surface area contributed by atoms with Crippen LogP contribution in [-0.2, 0) is 6.42 Å². The lowest BCUT2D eigenvalue weighted by Gasteiger charge is -1.97. The molecule has 0 N–H and O–H groups in total. The van der Waals surface area contributed by atoms with Gasteiger partial charge in [-0.25, -0.2) is 8.78 Å². The van der Waals surface area contributed by atoms with E-state index in [1.54, 1.807) is 0 Å². The van der Waals surface area contributed by atoms with Crippen molar-refractivity contribution in [3.05, 3.63) is 47.7 Å². The Morgan fingerprint density at radius 2 is 1.86 bits per heavy atom. The Kier molecular flexibility index (Phi) is 2.22. The van der Waals surface area contributed by atoms with Crippen LogP contribution in [0.2, 0.25) is 0 Å². The van der Waals surface area contributed by atoms with Crippen LogP contribution in [0.1, 0.15) is 11.5 Å². The molecule has 2 aromatic rings. The highest BCUT2D eigenvalue weighted by Gasteiger charge is 2.04. The predicted octanol–water partition coefficient (Wildman–Crippen LogP) is 1.94. The number of nitrogens with zero attached hydrogens (tertiary/aromatic N) is 2. The highest BCUT2D eigenvalue weighted by Crippen LogP contribution is 2.11. The summed E-state index contributed by atoms with van der Waals surface area (Å²) in [4.78, 5) is 0. The average Bonchev–Trinajstić information content (AvgIpc) is 2.54. The zero-order valence-corrected chi connectivity index (χ0v) is 7.08. The molecule has 0 amide bonds. The molecule has 0 aliphatic heterocycles. The molecule has 2 rings (SSSR count). The highest BCUT2D eigenvalue weighted by atomic mass is 19.1. The lowest BCUT2D eigenvalue weighted by Crippen LogP contribution is -1.91. The normalized spacial score (nSPS) is 10.4. The lowest BCUT2D eigenvalue weighted by atomic mass is 10.1. The molecular formula is C9H6F2N2O. The molecule has 0 saturated heterocycles. The van der Waals surface area contributed by atoms with Gasteiger partial charge in [0.1, 0.15) is 11.6 Å². The van der Waals surface area contributed by atoms with Crippen LogP contribution < -0.4 is 0 Å². The van der Waals surface area contributed by atoms with Gasteiger partial charge in [-0.2, -0.15) is 0 Å². The lowest BCUT2D eigenvalue weighted by molar-refractivity contribution is 0.503. The SMILES string of the molecule is Fc1cc(F)cc(Cc2nnco2)c1. The van der Waals surface area contributed by atoms with Gasteiger partial charge in [0.25, 0.3) is 0 Å². The molecule has 0 fully saturated rings. The Morgan fingerprint density at radius 1 is 1.14 bits per heavy atom. The van der Waals surface area contributed by atoms with Gasteiger partial charge in [0.15, 0.2) is 0 Å². The van der Waals surface area contributed by atoms with Crippen LogP contribution in [0.15, 0.2) is 29.0 Å². The second-order valence-electron chi connectivity index (χ2n) is 2.79. The molecule has 0 bridgehead atoms. The van der Waals surface area contributed by atoms with E-state index in [-0.39, 0.29) is 6.42 Å².